The van der Waals surface area contributed by atoms with Gasteiger partial charge >= 0.3 is 0 Å². The molecule has 36 heavy (non-hydrogen) atoms. The van der Waals surface area contributed by atoms with E-state index in [9.17, 15) is 13.8 Å². The number of guanidine groups is 1. The summed E-state index contributed by atoms with van der Waals surface area (Å²) in [6.45, 7) is 6.23. The van der Waals surface area contributed by atoms with Gasteiger partial charge in [0.25, 0.3) is 5.91 Å². The van der Waals surface area contributed by atoms with Gasteiger partial charge in [-0.25, -0.2) is 4.99 Å². The maximum absolute atomic E-state index is 12.7. The number of benzene rings is 2. The fourth-order valence-electron chi connectivity index (χ4n) is 5.35. The van der Waals surface area contributed by atoms with Crippen LogP contribution in [0, 0.1) is 5.92 Å². The molecule has 3 atom stereocenters. The molecule has 7 nitrogen and oxygen atoms in total. The van der Waals surface area contributed by atoms with E-state index in [0.29, 0.717) is 17.9 Å². The SMILES string of the molecule is CC1Cc2ccccc2C1NC(=O)c1ccc2c(c1)CCCS2=O.CCC1(CC)CC(=O)NC(N)=N1. The summed E-state index contributed by atoms with van der Waals surface area (Å²) >= 11 is 0. The molecule has 2 amide bonds. The molecule has 8 heteroatoms. The number of aliphatic imine (C=N–C) groups is 1. The summed E-state index contributed by atoms with van der Waals surface area (Å²) in [4.78, 5) is 29.0. The lowest BCUT2D eigenvalue weighted by molar-refractivity contribution is -0.121. The first-order valence-corrected chi connectivity index (χ1v) is 14.1. The van der Waals surface area contributed by atoms with Crippen molar-refractivity contribution < 1.29 is 13.8 Å². The average Bonchev–Trinajstić information content (AvgIpc) is 3.18. The second-order valence-corrected chi connectivity index (χ2v) is 11.5. The first-order chi connectivity index (χ1) is 17.2. The molecule has 3 unspecified atom stereocenters. The second kappa shape index (κ2) is 10.9. The van der Waals surface area contributed by atoms with Crippen molar-refractivity contribution in [3.05, 3.63) is 64.7 Å². The maximum Gasteiger partial charge on any atom is 0.251 e. The van der Waals surface area contributed by atoms with Gasteiger partial charge in [-0.3, -0.25) is 19.1 Å². The first kappa shape index (κ1) is 26.1. The highest BCUT2D eigenvalue weighted by atomic mass is 32.2. The van der Waals surface area contributed by atoms with Gasteiger partial charge in [-0.2, -0.15) is 0 Å². The lowest BCUT2D eigenvalue weighted by atomic mass is 9.88. The normalized spacial score (nSPS) is 23.8. The molecule has 192 valence electrons. The van der Waals surface area contributed by atoms with Crippen LogP contribution in [0.4, 0.5) is 0 Å². The van der Waals surface area contributed by atoms with Crippen molar-refractivity contribution in [2.75, 3.05) is 5.75 Å². The molecule has 4 N–H and O–H groups in total. The van der Waals surface area contributed by atoms with Crippen molar-refractivity contribution in [1.82, 2.24) is 10.6 Å². The summed E-state index contributed by atoms with van der Waals surface area (Å²) in [5.41, 5.74) is 9.52. The molecule has 2 aromatic rings. The van der Waals surface area contributed by atoms with Crippen molar-refractivity contribution in [2.24, 2.45) is 16.6 Å². The van der Waals surface area contributed by atoms with Gasteiger partial charge in [-0.1, -0.05) is 45.0 Å². The molecule has 0 aromatic heterocycles. The highest BCUT2D eigenvalue weighted by Crippen LogP contribution is 2.36. The Morgan fingerprint density at radius 1 is 1.19 bits per heavy atom. The van der Waals surface area contributed by atoms with Crippen LogP contribution in [0.1, 0.15) is 79.5 Å². The van der Waals surface area contributed by atoms with E-state index in [-0.39, 0.29) is 29.4 Å². The van der Waals surface area contributed by atoms with Gasteiger partial charge in [0.15, 0.2) is 5.96 Å². The van der Waals surface area contributed by atoms with Crippen molar-refractivity contribution in [2.45, 2.75) is 75.8 Å². The van der Waals surface area contributed by atoms with Crippen LogP contribution in [0.15, 0.2) is 52.4 Å². The van der Waals surface area contributed by atoms with Crippen molar-refractivity contribution >= 4 is 28.6 Å². The maximum atomic E-state index is 12.7. The molecular formula is C28H36N4O3S. The second-order valence-electron chi connectivity index (χ2n) is 9.96. The van der Waals surface area contributed by atoms with Crippen LogP contribution in [-0.2, 0) is 28.4 Å². The number of aryl methyl sites for hydroxylation is 1. The first-order valence-electron chi connectivity index (χ1n) is 12.8. The van der Waals surface area contributed by atoms with Crippen LogP contribution < -0.4 is 16.4 Å². The molecule has 2 aromatic carbocycles. The molecule has 3 aliphatic rings. The summed E-state index contributed by atoms with van der Waals surface area (Å²) in [6.07, 6.45) is 5.02. The van der Waals surface area contributed by atoms with Crippen LogP contribution in [0.5, 0.6) is 0 Å². The van der Waals surface area contributed by atoms with E-state index in [4.69, 9.17) is 5.73 Å². The Labute approximate surface area is 215 Å². The Hall–Kier alpha value is -3.00. The van der Waals surface area contributed by atoms with Gasteiger partial charge in [0, 0.05) is 16.2 Å². The van der Waals surface area contributed by atoms with Gasteiger partial charge in [0.1, 0.15) is 0 Å². The summed E-state index contributed by atoms with van der Waals surface area (Å²) in [7, 11) is -0.908. The minimum Gasteiger partial charge on any atom is -0.370 e. The Morgan fingerprint density at radius 2 is 1.94 bits per heavy atom. The molecule has 0 saturated carbocycles. The van der Waals surface area contributed by atoms with E-state index in [0.717, 1.165) is 48.3 Å². The fraction of sp³-hybridized carbons (Fsp3) is 0.464. The van der Waals surface area contributed by atoms with E-state index in [1.807, 2.05) is 38.1 Å². The third kappa shape index (κ3) is 5.53. The van der Waals surface area contributed by atoms with E-state index < -0.39 is 10.8 Å². The number of hydrogen-bond acceptors (Lipinski definition) is 5. The third-order valence-corrected chi connectivity index (χ3v) is 9.11. The van der Waals surface area contributed by atoms with Crippen LogP contribution in [0.3, 0.4) is 0 Å². The molecular weight excluding hydrogens is 472 g/mol. The lowest BCUT2D eigenvalue weighted by Crippen LogP contribution is -2.48. The quantitative estimate of drug-likeness (QED) is 0.583. The van der Waals surface area contributed by atoms with Crippen molar-refractivity contribution in [3.8, 4) is 0 Å². The molecule has 1 aliphatic carbocycles. The zero-order valence-corrected chi connectivity index (χ0v) is 22.1. The third-order valence-electron chi connectivity index (χ3n) is 7.56. The fourth-order valence-corrected chi connectivity index (χ4v) is 6.65. The van der Waals surface area contributed by atoms with Gasteiger partial charge < -0.3 is 11.1 Å². The topological polar surface area (TPSA) is 114 Å². The zero-order valence-electron chi connectivity index (χ0n) is 21.3. The summed E-state index contributed by atoms with van der Waals surface area (Å²) in [5.74, 6) is 1.33. The molecule has 2 aliphatic heterocycles. The number of carbonyl (C=O) groups is 2. The summed E-state index contributed by atoms with van der Waals surface area (Å²) in [5, 5.41) is 5.70. The predicted octanol–water partition coefficient (Wildman–Crippen LogP) is 3.78. The van der Waals surface area contributed by atoms with Crippen molar-refractivity contribution in [3.63, 3.8) is 0 Å². The average molecular weight is 509 g/mol. The number of rotatable bonds is 4. The largest absolute Gasteiger partial charge is 0.370 e. The molecule has 0 saturated heterocycles. The highest BCUT2D eigenvalue weighted by Gasteiger charge is 2.33. The number of carbonyl (C=O) groups excluding carboxylic acids is 2. The van der Waals surface area contributed by atoms with Gasteiger partial charge in [-0.05, 0) is 72.9 Å². The lowest BCUT2D eigenvalue weighted by Gasteiger charge is -2.30. The van der Waals surface area contributed by atoms with E-state index in [1.54, 1.807) is 0 Å². The minimum atomic E-state index is -0.908. The number of hydrogen-bond donors (Lipinski definition) is 3. The molecule has 0 bridgehead atoms. The van der Waals surface area contributed by atoms with E-state index in [2.05, 4.69) is 40.7 Å². The number of nitrogens with one attached hydrogen (secondary N) is 2. The summed E-state index contributed by atoms with van der Waals surface area (Å²) < 4.78 is 12.0. The summed E-state index contributed by atoms with van der Waals surface area (Å²) in [6, 6.07) is 14.0. The highest BCUT2D eigenvalue weighted by molar-refractivity contribution is 7.85. The molecule has 0 fully saturated rings. The predicted molar refractivity (Wildman–Crippen MR) is 143 cm³/mol. The Bertz CT molecular complexity index is 1210. The zero-order chi connectivity index (χ0) is 25.9. The van der Waals surface area contributed by atoms with Gasteiger partial charge in [0.05, 0.1) is 28.8 Å². The Morgan fingerprint density at radius 3 is 2.67 bits per heavy atom. The van der Waals surface area contributed by atoms with Crippen LogP contribution in [-0.4, -0.2) is 33.3 Å². The molecule has 5 rings (SSSR count). The monoisotopic (exact) mass is 508 g/mol. The van der Waals surface area contributed by atoms with E-state index in [1.165, 1.54) is 11.1 Å². The molecule has 0 spiro atoms. The number of fused-ring (bicyclic) bond motifs is 2. The number of nitrogens with zero attached hydrogens (tertiary/aromatic N) is 1. The molecule has 2 heterocycles. The molecule has 0 radical (unpaired) electrons. The smallest absolute Gasteiger partial charge is 0.251 e. The van der Waals surface area contributed by atoms with Crippen LogP contribution in [0.25, 0.3) is 0 Å². The Balaban J connectivity index is 0.000000214. The van der Waals surface area contributed by atoms with Crippen LogP contribution >= 0.6 is 0 Å². The number of amides is 2. The van der Waals surface area contributed by atoms with Gasteiger partial charge in [-0.15, -0.1) is 0 Å². The minimum absolute atomic E-state index is 0.0220. The Kier molecular flexibility index (Phi) is 7.93. The van der Waals surface area contributed by atoms with Gasteiger partial charge in [0.2, 0.25) is 5.91 Å². The van der Waals surface area contributed by atoms with Crippen LogP contribution in [0.2, 0.25) is 0 Å². The number of nitrogens with two attached hydrogens (primary N) is 1. The van der Waals surface area contributed by atoms with Crippen molar-refractivity contribution in [1.29, 1.82) is 0 Å². The van der Waals surface area contributed by atoms with E-state index >= 15 is 0 Å². The standard InChI is InChI=1S/C20H21NO2S.C8H15N3O/c1-13-11-14-5-2-3-7-17(14)19(13)21-20(22)16-8-9-18-15(12-16)6-4-10-24(18)23;1-3-8(4-2)5-6(12)10-7(9)11-8/h2-3,5,7-9,12-13,19H,4,6,10-11H2,1H3,(H,21,22);3-5H2,1-2H3,(H3,9,10,11,12).